The van der Waals surface area contributed by atoms with E-state index in [2.05, 4.69) is 10.4 Å². The molecule has 0 spiro atoms. The molecule has 38 heavy (non-hydrogen) atoms. The molecule has 2 aliphatic rings. The number of ketones is 1. The van der Waals surface area contributed by atoms with Crippen molar-refractivity contribution in [2.75, 3.05) is 12.0 Å². The molecule has 196 valence electrons. The molecule has 0 amide bonds. The molecule has 0 fully saturated rings. The van der Waals surface area contributed by atoms with Crippen molar-refractivity contribution in [3.63, 3.8) is 0 Å². The minimum atomic E-state index is -0.857. The number of hydrogen-bond donors (Lipinski definition) is 2. The maximum Gasteiger partial charge on any atom is 0.338 e. The number of carbonyl (C=O) groups is 2. The van der Waals surface area contributed by atoms with E-state index in [4.69, 9.17) is 33.7 Å². The summed E-state index contributed by atoms with van der Waals surface area (Å²) in [5.74, 6) is -1.42. The van der Waals surface area contributed by atoms with Crippen LogP contribution in [-0.2, 0) is 14.3 Å². The number of nitrogens with zero attached hydrogens (tertiary/aromatic N) is 2. The SMILES string of the molecule is CCOC(=O)C1=C(N)N(Nc2ccccc2)C2=C(C(=O)CC(C)(C)C2)C1c1cc2cc(Cl)ccc2nc1Cl. The Bertz CT molecular complexity index is 1510. The van der Waals surface area contributed by atoms with Crippen molar-refractivity contribution in [1.82, 2.24) is 9.99 Å². The maximum absolute atomic E-state index is 13.9. The van der Waals surface area contributed by atoms with E-state index >= 15 is 0 Å². The molecule has 0 saturated heterocycles. The molecule has 1 atom stereocenters. The Morgan fingerprint density at radius 3 is 2.61 bits per heavy atom. The lowest BCUT2D eigenvalue weighted by molar-refractivity contribution is -0.139. The Morgan fingerprint density at radius 1 is 1.16 bits per heavy atom. The normalized spacial score (nSPS) is 19.0. The van der Waals surface area contributed by atoms with Gasteiger partial charge < -0.3 is 10.5 Å². The Hall–Kier alpha value is -3.55. The molecule has 3 N–H and O–H groups in total. The first kappa shape index (κ1) is 26.1. The number of ether oxygens (including phenoxy) is 1. The van der Waals surface area contributed by atoms with Gasteiger partial charge in [-0.15, -0.1) is 0 Å². The van der Waals surface area contributed by atoms with Crippen LogP contribution in [0, 0.1) is 5.41 Å². The highest BCUT2D eigenvalue weighted by Crippen LogP contribution is 2.50. The van der Waals surface area contributed by atoms with Crippen LogP contribution in [0.4, 0.5) is 5.69 Å². The topological polar surface area (TPSA) is 97.5 Å². The standard InChI is InChI=1S/C29H28Cl2N4O3/c1-4-38-28(37)25-23(19-13-16-12-17(30)10-11-20(16)33-26(19)31)24-21(14-29(2,3)15-22(24)36)35(27(25)32)34-18-8-6-5-7-9-18/h5-13,23,34H,4,14-15,32H2,1-3H3. The van der Waals surface area contributed by atoms with Gasteiger partial charge in [0.15, 0.2) is 5.78 Å². The van der Waals surface area contributed by atoms with E-state index in [1.54, 1.807) is 30.1 Å². The fourth-order valence-corrected chi connectivity index (χ4v) is 5.68. The number of fused-ring (bicyclic) bond motifs is 1. The summed E-state index contributed by atoms with van der Waals surface area (Å²) in [7, 11) is 0. The molecule has 1 unspecified atom stereocenters. The number of hydrogen-bond acceptors (Lipinski definition) is 7. The van der Waals surface area contributed by atoms with E-state index in [-0.39, 0.29) is 34.4 Å². The summed E-state index contributed by atoms with van der Waals surface area (Å²) in [6.45, 7) is 5.94. The Balaban J connectivity index is 1.78. The first-order valence-electron chi connectivity index (χ1n) is 12.4. The highest BCUT2D eigenvalue weighted by atomic mass is 35.5. The number of esters is 1. The third-order valence-electron chi connectivity index (χ3n) is 6.84. The number of benzene rings is 2. The molecular formula is C29H28Cl2N4O3. The third-order valence-corrected chi connectivity index (χ3v) is 7.38. The van der Waals surface area contributed by atoms with Crippen molar-refractivity contribution in [3.05, 3.63) is 93.0 Å². The molecule has 1 aromatic heterocycles. The van der Waals surface area contributed by atoms with Gasteiger partial charge in [-0.2, -0.15) is 0 Å². The van der Waals surface area contributed by atoms with Gasteiger partial charge in [-0.05, 0) is 55.2 Å². The van der Waals surface area contributed by atoms with Crippen LogP contribution in [0.2, 0.25) is 10.2 Å². The largest absolute Gasteiger partial charge is 0.463 e. The lowest BCUT2D eigenvalue weighted by Crippen LogP contribution is -2.45. The zero-order valence-electron chi connectivity index (χ0n) is 21.3. The van der Waals surface area contributed by atoms with Crippen LogP contribution in [0.1, 0.15) is 45.1 Å². The van der Waals surface area contributed by atoms with E-state index in [9.17, 15) is 9.59 Å². The first-order valence-corrected chi connectivity index (χ1v) is 13.2. The van der Waals surface area contributed by atoms with E-state index in [0.29, 0.717) is 40.2 Å². The molecule has 0 bridgehead atoms. The van der Waals surface area contributed by atoms with Gasteiger partial charge in [-0.3, -0.25) is 10.2 Å². The molecule has 2 aromatic carbocycles. The van der Waals surface area contributed by atoms with Crippen molar-refractivity contribution >= 4 is 51.5 Å². The molecule has 1 aliphatic heterocycles. The minimum absolute atomic E-state index is 0.0855. The summed E-state index contributed by atoms with van der Waals surface area (Å²) in [6.07, 6.45) is 0.855. The minimum Gasteiger partial charge on any atom is -0.463 e. The molecule has 1 aliphatic carbocycles. The van der Waals surface area contributed by atoms with Crippen molar-refractivity contribution < 1.29 is 14.3 Å². The quantitative estimate of drug-likeness (QED) is 0.282. The van der Waals surface area contributed by atoms with Crippen molar-refractivity contribution in [3.8, 4) is 0 Å². The summed E-state index contributed by atoms with van der Waals surface area (Å²) in [4.78, 5) is 31.9. The number of nitrogens with two attached hydrogens (primary N) is 1. The van der Waals surface area contributed by atoms with Gasteiger partial charge in [0.2, 0.25) is 0 Å². The molecule has 7 nitrogen and oxygen atoms in total. The Morgan fingerprint density at radius 2 is 1.89 bits per heavy atom. The van der Waals surface area contributed by atoms with Crippen LogP contribution < -0.4 is 11.2 Å². The predicted molar refractivity (Wildman–Crippen MR) is 149 cm³/mol. The molecule has 0 saturated carbocycles. The van der Waals surface area contributed by atoms with Crippen molar-refractivity contribution in [2.24, 2.45) is 11.1 Å². The van der Waals surface area contributed by atoms with Gasteiger partial charge in [0.25, 0.3) is 0 Å². The van der Waals surface area contributed by atoms with Gasteiger partial charge in [0.05, 0.1) is 35.0 Å². The van der Waals surface area contributed by atoms with E-state index in [1.807, 2.05) is 50.2 Å². The van der Waals surface area contributed by atoms with Crippen LogP contribution in [-0.4, -0.2) is 28.4 Å². The van der Waals surface area contributed by atoms with Gasteiger partial charge in [-0.25, -0.2) is 14.8 Å². The molecule has 3 aromatic rings. The predicted octanol–water partition coefficient (Wildman–Crippen LogP) is 6.34. The second-order valence-corrected chi connectivity index (χ2v) is 11.1. The van der Waals surface area contributed by atoms with Crippen LogP contribution in [0.25, 0.3) is 10.9 Å². The lowest BCUT2D eigenvalue weighted by atomic mass is 9.69. The highest BCUT2D eigenvalue weighted by molar-refractivity contribution is 6.32. The monoisotopic (exact) mass is 550 g/mol. The number of carbonyl (C=O) groups excluding carboxylic acids is 2. The molecule has 0 radical (unpaired) electrons. The van der Waals surface area contributed by atoms with Crippen molar-refractivity contribution in [2.45, 2.75) is 39.5 Å². The molecule has 2 heterocycles. The third kappa shape index (κ3) is 4.72. The Kier molecular flexibility index (Phi) is 6.84. The Labute approximate surface area is 231 Å². The fraction of sp³-hybridized carbons (Fsp3) is 0.276. The molecular weight excluding hydrogens is 523 g/mol. The average Bonchev–Trinajstić information content (AvgIpc) is 2.85. The lowest BCUT2D eigenvalue weighted by Gasteiger charge is -2.44. The van der Waals surface area contributed by atoms with Gasteiger partial charge in [-0.1, -0.05) is 55.2 Å². The van der Waals surface area contributed by atoms with Gasteiger partial charge >= 0.3 is 5.97 Å². The number of hydrazine groups is 1. The first-order chi connectivity index (χ1) is 18.1. The molecule has 9 heteroatoms. The maximum atomic E-state index is 13.9. The number of pyridine rings is 1. The summed E-state index contributed by atoms with van der Waals surface area (Å²) in [5.41, 5.74) is 12.9. The van der Waals surface area contributed by atoms with E-state index < -0.39 is 11.9 Å². The summed E-state index contributed by atoms with van der Waals surface area (Å²) in [5, 5.41) is 3.08. The van der Waals surface area contributed by atoms with E-state index in [0.717, 1.165) is 11.1 Å². The number of rotatable bonds is 5. The zero-order valence-corrected chi connectivity index (χ0v) is 22.9. The number of para-hydroxylation sites is 1. The number of Topliss-reactive ketones (excluding diaryl/α,β-unsaturated/α-hetero) is 1. The highest BCUT2D eigenvalue weighted by Gasteiger charge is 2.47. The summed E-state index contributed by atoms with van der Waals surface area (Å²) < 4.78 is 5.45. The van der Waals surface area contributed by atoms with Gasteiger partial charge in [0, 0.05) is 28.0 Å². The van der Waals surface area contributed by atoms with Crippen LogP contribution in [0.3, 0.4) is 0 Å². The number of nitrogens with one attached hydrogen (secondary N) is 1. The second kappa shape index (κ2) is 9.97. The number of halogens is 2. The molecule has 5 rings (SSSR count). The van der Waals surface area contributed by atoms with E-state index in [1.165, 1.54) is 0 Å². The smallest absolute Gasteiger partial charge is 0.338 e. The second-order valence-electron chi connectivity index (χ2n) is 10.3. The zero-order chi connectivity index (χ0) is 27.2. The van der Waals surface area contributed by atoms with Crippen molar-refractivity contribution in [1.29, 1.82) is 0 Å². The number of allylic oxidation sites excluding steroid dienone is 2. The van der Waals surface area contributed by atoms with Crippen LogP contribution >= 0.6 is 23.2 Å². The summed E-state index contributed by atoms with van der Waals surface area (Å²) >= 11 is 13.0. The van der Waals surface area contributed by atoms with Crippen LogP contribution in [0.15, 0.2) is 77.3 Å². The summed E-state index contributed by atoms with van der Waals surface area (Å²) in [6, 6.07) is 16.5. The van der Waals surface area contributed by atoms with Gasteiger partial charge in [0.1, 0.15) is 11.0 Å². The average molecular weight is 551 g/mol. The number of anilines is 1. The fourth-order valence-electron chi connectivity index (χ4n) is 5.24. The number of aromatic nitrogens is 1. The van der Waals surface area contributed by atoms with Crippen LogP contribution in [0.5, 0.6) is 0 Å².